The van der Waals surface area contributed by atoms with Crippen LogP contribution in [0.4, 0.5) is 0 Å². The number of hydrogen-bond acceptors (Lipinski definition) is 6. The van der Waals surface area contributed by atoms with Crippen LogP contribution in [0.3, 0.4) is 0 Å². The summed E-state index contributed by atoms with van der Waals surface area (Å²) >= 11 is 0. The van der Waals surface area contributed by atoms with E-state index in [0.717, 1.165) is 64.2 Å². The van der Waals surface area contributed by atoms with E-state index >= 15 is 0 Å². The smallest absolute Gasteiger partial charge is 0.462 e. The quantitative estimate of drug-likeness (QED) is 0.0209. The third-order valence-corrected chi connectivity index (χ3v) is 9.63. The molecule has 0 rings (SSSR count). The molecule has 0 bridgehead atoms. The molecule has 0 saturated heterocycles. The van der Waals surface area contributed by atoms with Crippen molar-refractivity contribution < 1.29 is 37.9 Å². The largest absolute Gasteiger partial charge is 0.469 e. The fourth-order valence-corrected chi connectivity index (χ4v) is 6.32. The van der Waals surface area contributed by atoms with Crippen molar-refractivity contribution in [3.05, 3.63) is 48.6 Å². The van der Waals surface area contributed by atoms with Crippen LogP contribution in [0.5, 0.6) is 0 Å². The maximum absolute atomic E-state index is 12.4. The first-order chi connectivity index (χ1) is 25.8. The van der Waals surface area contributed by atoms with Crippen LogP contribution >= 0.6 is 7.82 Å². The Bertz CT molecular complexity index is 999. The van der Waals surface area contributed by atoms with E-state index in [2.05, 4.69) is 48.8 Å². The van der Waals surface area contributed by atoms with Crippen LogP contribution < -0.4 is 0 Å². The molecule has 308 valence electrons. The van der Waals surface area contributed by atoms with Gasteiger partial charge in [0.05, 0.1) is 6.61 Å². The van der Waals surface area contributed by atoms with Crippen LogP contribution in [0.1, 0.15) is 200 Å². The van der Waals surface area contributed by atoms with Gasteiger partial charge in [0.2, 0.25) is 0 Å². The van der Waals surface area contributed by atoms with Crippen molar-refractivity contribution in [3.63, 3.8) is 0 Å². The molecule has 0 aromatic carbocycles. The van der Waals surface area contributed by atoms with Gasteiger partial charge >= 0.3 is 19.8 Å². The normalized spacial score (nSPS) is 12.9. The van der Waals surface area contributed by atoms with Crippen molar-refractivity contribution in [1.82, 2.24) is 0 Å². The maximum atomic E-state index is 12.4. The minimum Gasteiger partial charge on any atom is -0.462 e. The molecule has 53 heavy (non-hydrogen) atoms. The van der Waals surface area contributed by atoms with Gasteiger partial charge in [-0.2, -0.15) is 0 Å². The summed E-state index contributed by atoms with van der Waals surface area (Å²) in [4.78, 5) is 42.8. The fourth-order valence-electron chi connectivity index (χ4n) is 5.96. The Morgan fingerprint density at radius 2 is 0.925 bits per heavy atom. The summed E-state index contributed by atoms with van der Waals surface area (Å²) < 4.78 is 26.4. The molecule has 1 unspecified atom stereocenters. The van der Waals surface area contributed by atoms with E-state index in [1.807, 2.05) is 18.2 Å². The van der Waals surface area contributed by atoms with Crippen LogP contribution in [-0.2, 0) is 28.2 Å². The highest BCUT2D eigenvalue weighted by molar-refractivity contribution is 7.46. The van der Waals surface area contributed by atoms with Gasteiger partial charge in [0.25, 0.3) is 0 Å². The SMILES string of the molecule is CC/C=C/C=C/C=C/CCCCCCCC(=O)OC(COC(=O)CCCCCCCCC/C=C/CCCCCCCCCCCCC)COP(=O)(O)O. The molecule has 0 spiro atoms. The van der Waals surface area contributed by atoms with Crippen molar-refractivity contribution in [2.75, 3.05) is 13.2 Å². The zero-order valence-corrected chi connectivity index (χ0v) is 34.8. The van der Waals surface area contributed by atoms with Crippen LogP contribution in [0.2, 0.25) is 0 Å². The molecule has 1 atom stereocenters. The lowest BCUT2D eigenvalue weighted by Crippen LogP contribution is -2.29. The molecule has 0 aliphatic heterocycles. The molecule has 2 N–H and O–H groups in total. The number of phosphoric ester groups is 1. The summed E-state index contributed by atoms with van der Waals surface area (Å²) in [5, 5.41) is 0. The van der Waals surface area contributed by atoms with Gasteiger partial charge in [-0.3, -0.25) is 14.1 Å². The van der Waals surface area contributed by atoms with E-state index in [-0.39, 0.29) is 19.4 Å². The number of carbonyl (C=O) groups excluding carboxylic acids is 2. The zero-order valence-electron chi connectivity index (χ0n) is 33.9. The van der Waals surface area contributed by atoms with Gasteiger partial charge in [-0.05, 0) is 57.8 Å². The topological polar surface area (TPSA) is 119 Å². The molecule has 0 saturated carbocycles. The highest BCUT2D eigenvalue weighted by Crippen LogP contribution is 2.36. The molecule has 9 heteroatoms. The number of carbonyl (C=O) groups is 2. The first-order valence-electron chi connectivity index (χ1n) is 21.5. The number of hydrogen-bond donors (Lipinski definition) is 2. The van der Waals surface area contributed by atoms with E-state index in [1.165, 1.54) is 96.3 Å². The highest BCUT2D eigenvalue weighted by atomic mass is 31.2. The molecule has 0 aliphatic rings. The summed E-state index contributed by atoms with van der Waals surface area (Å²) in [6, 6.07) is 0. The number of phosphoric acid groups is 1. The van der Waals surface area contributed by atoms with E-state index in [9.17, 15) is 14.2 Å². The number of unbranched alkanes of at least 4 members (excludes halogenated alkanes) is 23. The van der Waals surface area contributed by atoms with Crippen molar-refractivity contribution in [3.8, 4) is 0 Å². The average Bonchev–Trinajstić information content (AvgIpc) is 3.13. The molecule has 0 aliphatic carbocycles. The Hall–Kier alpha value is -1.99. The second-order valence-electron chi connectivity index (χ2n) is 14.3. The van der Waals surface area contributed by atoms with Crippen molar-refractivity contribution >= 4 is 19.8 Å². The van der Waals surface area contributed by atoms with Crippen LogP contribution in [0.25, 0.3) is 0 Å². The van der Waals surface area contributed by atoms with Gasteiger partial charge in [-0.15, -0.1) is 0 Å². The van der Waals surface area contributed by atoms with Gasteiger partial charge in [-0.1, -0.05) is 178 Å². The number of ether oxygens (including phenoxy) is 2. The van der Waals surface area contributed by atoms with Gasteiger partial charge in [0, 0.05) is 12.8 Å². The minimum atomic E-state index is -4.76. The van der Waals surface area contributed by atoms with Crippen LogP contribution in [0.15, 0.2) is 48.6 Å². The summed E-state index contributed by atoms with van der Waals surface area (Å²) in [6.45, 7) is 3.54. The monoisotopic (exact) mass is 767 g/mol. The first-order valence-corrected chi connectivity index (χ1v) is 23.0. The van der Waals surface area contributed by atoms with Crippen molar-refractivity contribution in [2.45, 2.75) is 206 Å². The van der Waals surface area contributed by atoms with E-state index in [1.54, 1.807) is 0 Å². The number of allylic oxidation sites excluding steroid dienone is 8. The fraction of sp³-hybridized carbons (Fsp3) is 0.773. The zero-order chi connectivity index (χ0) is 38.9. The number of rotatable bonds is 39. The molecular formula is C44H79O8P. The lowest BCUT2D eigenvalue weighted by atomic mass is 10.0. The lowest BCUT2D eigenvalue weighted by molar-refractivity contribution is -0.161. The molecule has 0 radical (unpaired) electrons. The molecule has 0 amide bonds. The maximum Gasteiger partial charge on any atom is 0.469 e. The summed E-state index contributed by atoms with van der Waals surface area (Å²) in [5.74, 6) is -0.913. The summed E-state index contributed by atoms with van der Waals surface area (Å²) in [6.07, 6.45) is 48.4. The Labute approximate surface area is 324 Å². The Morgan fingerprint density at radius 1 is 0.509 bits per heavy atom. The minimum absolute atomic E-state index is 0.187. The molecule has 0 heterocycles. The van der Waals surface area contributed by atoms with Gasteiger partial charge < -0.3 is 19.3 Å². The Kier molecular flexibility index (Phi) is 38.2. The standard InChI is InChI=1S/C44H79O8P/c1-3-5-7-9-11-13-15-17-18-19-20-21-22-23-24-25-27-28-30-32-34-36-38-43(45)50-40-42(41-51-53(47,48)49)52-44(46)39-37-35-33-31-29-26-16-14-12-10-8-6-4-2/h6,8,10,12,14,16,22-23,42H,3-5,7,9,11,13,15,17-21,24-41H2,1-2H3,(H2,47,48,49)/b8-6+,12-10+,16-14+,23-22+. The van der Waals surface area contributed by atoms with E-state index < -0.39 is 32.5 Å². The first kappa shape index (κ1) is 51.0. The highest BCUT2D eigenvalue weighted by Gasteiger charge is 2.22. The second kappa shape index (κ2) is 39.7. The summed E-state index contributed by atoms with van der Waals surface area (Å²) in [5.41, 5.74) is 0. The molecule has 0 aromatic rings. The summed E-state index contributed by atoms with van der Waals surface area (Å²) in [7, 11) is -4.76. The molecule has 0 aromatic heterocycles. The Morgan fingerprint density at radius 3 is 1.40 bits per heavy atom. The van der Waals surface area contributed by atoms with E-state index in [0.29, 0.717) is 12.8 Å². The van der Waals surface area contributed by atoms with Gasteiger partial charge in [0.15, 0.2) is 6.10 Å². The Balaban J connectivity index is 3.87. The predicted molar refractivity (Wildman–Crippen MR) is 221 cm³/mol. The molecular weight excluding hydrogens is 687 g/mol. The predicted octanol–water partition coefficient (Wildman–Crippen LogP) is 13.1. The third-order valence-electron chi connectivity index (χ3n) is 9.14. The molecule has 0 fully saturated rings. The second-order valence-corrected chi connectivity index (χ2v) is 15.6. The van der Waals surface area contributed by atoms with Crippen molar-refractivity contribution in [2.24, 2.45) is 0 Å². The van der Waals surface area contributed by atoms with Crippen LogP contribution in [-0.4, -0.2) is 41.0 Å². The van der Waals surface area contributed by atoms with Gasteiger partial charge in [0.1, 0.15) is 6.61 Å². The number of esters is 2. The van der Waals surface area contributed by atoms with E-state index in [4.69, 9.17) is 19.3 Å². The van der Waals surface area contributed by atoms with Crippen molar-refractivity contribution in [1.29, 1.82) is 0 Å². The average molecular weight is 767 g/mol. The molecule has 8 nitrogen and oxygen atoms in total. The third kappa shape index (κ3) is 42.6. The van der Waals surface area contributed by atoms with Gasteiger partial charge in [-0.25, -0.2) is 4.57 Å². The van der Waals surface area contributed by atoms with Crippen LogP contribution in [0, 0.1) is 0 Å². The lowest BCUT2D eigenvalue weighted by Gasteiger charge is -2.18.